The average molecular weight is 151 g/mol. The van der Waals surface area contributed by atoms with Crippen molar-refractivity contribution in [3.8, 4) is 12.3 Å². The van der Waals surface area contributed by atoms with E-state index in [1.165, 1.54) is 38.9 Å². The number of terminal acetylenes is 1. The quantitative estimate of drug-likeness (QED) is 0.543. The fourth-order valence-corrected chi connectivity index (χ4v) is 1.64. The molecule has 0 aliphatic carbocycles. The van der Waals surface area contributed by atoms with Gasteiger partial charge in [0.25, 0.3) is 0 Å². The number of nitrogens with zero attached hydrogens (tertiary/aromatic N) is 1. The molecule has 0 radical (unpaired) electrons. The summed E-state index contributed by atoms with van der Waals surface area (Å²) in [6.07, 6.45) is 9.03. The fourth-order valence-electron chi connectivity index (χ4n) is 1.64. The molecule has 11 heavy (non-hydrogen) atoms. The summed E-state index contributed by atoms with van der Waals surface area (Å²) >= 11 is 0. The van der Waals surface area contributed by atoms with E-state index < -0.39 is 0 Å². The van der Waals surface area contributed by atoms with E-state index in [4.69, 9.17) is 6.42 Å². The van der Waals surface area contributed by atoms with Crippen LogP contribution in [0.2, 0.25) is 0 Å². The lowest BCUT2D eigenvalue weighted by Crippen LogP contribution is -2.33. The second-order valence-electron chi connectivity index (χ2n) is 3.28. The third-order valence-electron chi connectivity index (χ3n) is 2.36. The predicted molar refractivity (Wildman–Crippen MR) is 48.3 cm³/mol. The Labute approximate surface area is 69.8 Å². The molecule has 1 aliphatic rings. The van der Waals surface area contributed by atoms with Crippen molar-refractivity contribution >= 4 is 0 Å². The molecule has 1 saturated heterocycles. The molecular formula is C10H17N. The highest BCUT2D eigenvalue weighted by atomic mass is 15.1. The maximum absolute atomic E-state index is 5.35. The highest BCUT2D eigenvalue weighted by Gasteiger charge is 2.15. The van der Waals surface area contributed by atoms with Gasteiger partial charge in [0.15, 0.2) is 0 Å². The van der Waals surface area contributed by atoms with Gasteiger partial charge in [0.1, 0.15) is 0 Å². The minimum atomic E-state index is 0.558. The van der Waals surface area contributed by atoms with Gasteiger partial charge >= 0.3 is 0 Å². The summed E-state index contributed by atoms with van der Waals surface area (Å²) in [6.45, 7) is 5.90. The largest absolute Gasteiger partial charge is 0.303 e. The lowest BCUT2D eigenvalue weighted by Gasteiger charge is -2.29. The molecule has 1 heteroatoms. The SMILES string of the molecule is C#CC1CCN(CCC)CC1. The van der Waals surface area contributed by atoms with E-state index in [1.807, 2.05) is 0 Å². The zero-order valence-electron chi connectivity index (χ0n) is 7.34. The Hall–Kier alpha value is -0.480. The van der Waals surface area contributed by atoms with Crippen LogP contribution < -0.4 is 0 Å². The maximum Gasteiger partial charge on any atom is 0.0224 e. The van der Waals surface area contributed by atoms with E-state index in [9.17, 15) is 0 Å². The average Bonchev–Trinajstić information content (AvgIpc) is 2.07. The molecule has 0 aromatic heterocycles. The van der Waals surface area contributed by atoms with Crippen LogP contribution in [0.15, 0.2) is 0 Å². The van der Waals surface area contributed by atoms with E-state index in [2.05, 4.69) is 17.7 Å². The van der Waals surface area contributed by atoms with Gasteiger partial charge in [0.2, 0.25) is 0 Å². The molecule has 0 bridgehead atoms. The van der Waals surface area contributed by atoms with Gasteiger partial charge in [-0.2, -0.15) is 0 Å². The molecule has 1 rings (SSSR count). The van der Waals surface area contributed by atoms with Crippen molar-refractivity contribution in [2.24, 2.45) is 5.92 Å². The first-order valence-corrected chi connectivity index (χ1v) is 4.55. The number of rotatable bonds is 2. The van der Waals surface area contributed by atoms with Crippen molar-refractivity contribution in [3.63, 3.8) is 0 Å². The van der Waals surface area contributed by atoms with Gasteiger partial charge in [0, 0.05) is 5.92 Å². The Kier molecular flexibility index (Phi) is 3.45. The molecule has 0 N–H and O–H groups in total. The van der Waals surface area contributed by atoms with Crippen molar-refractivity contribution in [3.05, 3.63) is 0 Å². The number of likely N-dealkylation sites (tertiary alicyclic amines) is 1. The van der Waals surface area contributed by atoms with Crippen molar-refractivity contribution in [1.29, 1.82) is 0 Å². The van der Waals surface area contributed by atoms with Crippen LogP contribution in [0.25, 0.3) is 0 Å². The predicted octanol–water partition coefficient (Wildman–Crippen LogP) is 1.74. The Balaban J connectivity index is 2.20. The molecule has 0 spiro atoms. The normalized spacial score (nSPS) is 21.5. The third-order valence-corrected chi connectivity index (χ3v) is 2.36. The lowest BCUT2D eigenvalue weighted by molar-refractivity contribution is 0.207. The fraction of sp³-hybridized carbons (Fsp3) is 0.800. The minimum absolute atomic E-state index is 0.558. The summed E-state index contributed by atoms with van der Waals surface area (Å²) in [6, 6.07) is 0. The van der Waals surface area contributed by atoms with E-state index in [-0.39, 0.29) is 0 Å². The lowest BCUT2D eigenvalue weighted by atomic mass is 9.98. The smallest absolute Gasteiger partial charge is 0.0224 e. The van der Waals surface area contributed by atoms with Crippen LogP contribution in [0.5, 0.6) is 0 Å². The van der Waals surface area contributed by atoms with E-state index in [0.29, 0.717) is 5.92 Å². The van der Waals surface area contributed by atoms with Crippen LogP contribution >= 0.6 is 0 Å². The van der Waals surface area contributed by atoms with Crippen LogP contribution in [0.3, 0.4) is 0 Å². The molecule has 0 saturated carbocycles. The van der Waals surface area contributed by atoms with Gasteiger partial charge in [-0.3, -0.25) is 0 Å². The van der Waals surface area contributed by atoms with Gasteiger partial charge in [-0.15, -0.1) is 12.3 Å². The van der Waals surface area contributed by atoms with Crippen LogP contribution in [0.4, 0.5) is 0 Å². The van der Waals surface area contributed by atoms with Crippen molar-refractivity contribution in [2.45, 2.75) is 26.2 Å². The first-order chi connectivity index (χ1) is 5.36. The zero-order valence-corrected chi connectivity index (χ0v) is 7.34. The Bertz CT molecular complexity index is 137. The Morgan fingerprint density at radius 2 is 2.09 bits per heavy atom. The monoisotopic (exact) mass is 151 g/mol. The molecule has 0 aromatic rings. The summed E-state index contributed by atoms with van der Waals surface area (Å²) in [5, 5.41) is 0. The molecule has 0 unspecified atom stereocenters. The van der Waals surface area contributed by atoms with Gasteiger partial charge < -0.3 is 4.90 Å². The van der Waals surface area contributed by atoms with E-state index in [1.54, 1.807) is 0 Å². The Morgan fingerprint density at radius 3 is 2.55 bits per heavy atom. The molecule has 0 amide bonds. The van der Waals surface area contributed by atoms with Gasteiger partial charge in [-0.05, 0) is 38.9 Å². The number of piperidine rings is 1. The first kappa shape index (κ1) is 8.62. The van der Waals surface area contributed by atoms with Gasteiger partial charge in [-0.25, -0.2) is 0 Å². The molecule has 0 aromatic carbocycles. The minimum Gasteiger partial charge on any atom is -0.303 e. The molecular weight excluding hydrogens is 134 g/mol. The van der Waals surface area contributed by atoms with Crippen LogP contribution in [-0.4, -0.2) is 24.5 Å². The molecule has 62 valence electrons. The summed E-state index contributed by atoms with van der Waals surface area (Å²) in [5.74, 6) is 3.40. The van der Waals surface area contributed by atoms with Crippen molar-refractivity contribution in [2.75, 3.05) is 19.6 Å². The van der Waals surface area contributed by atoms with E-state index >= 15 is 0 Å². The highest BCUT2D eigenvalue weighted by molar-refractivity contribution is 4.95. The molecule has 0 atom stereocenters. The molecule has 1 aliphatic heterocycles. The summed E-state index contributed by atoms with van der Waals surface area (Å²) in [7, 11) is 0. The number of hydrogen-bond acceptors (Lipinski definition) is 1. The van der Waals surface area contributed by atoms with E-state index in [0.717, 1.165) is 0 Å². The zero-order chi connectivity index (χ0) is 8.10. The Morgan fingerprint density at radius 1 is 1.45 bits per heavy atom. The number of hydrogen-bond donors (Lipinski definition) is 0. The molecule has 1 nitrogen and oxygen atoms in total. The second kappa shape index (κ2) is 4.41. The standard InChI is InChI=1S/C10H17N/c1-3-7-11-8-5-10(4-2)6-9-11/h2,10H,3,5-9H2,1H3. The highest BCUT2D eigenvalue weighted by Crippen LogP contribution is 2.15. The van der Waals surface area contributed by atoms with Crippen LogP contribution in [0.1, 0.15) is 26.2 Å². The summed E-state index contributed by atoms with van der Waals surface area (Å²) in [5.41, 5.74) is 0. The van der Waals surface area contributed by atoms with Gasteiger partial charge in [-0.1, -0.05) is 6.92 Å². The maximum atomic E-state index is 5.35. The second-order valence-corrected chi connectivity index (χ2v) is 3.28. The molecule has 1 fully saturated rings. The topological polar surface area (TPSA) is 3.24 Å². The summed E-state index contributed by atoms with van der Waals surface area (Å²) in [4.78, 5) is 2.51. The van der Waals surface area contributed by atoms with Gasteiger partial charge in [0.05, 0.1) is 0 Å². The van der Waals surface area contributed by atoms with Crippen LogP contribution in [0, 0.1) is 18.3 Å². The molecule has 1 heterocycles. The van der Waals surface area contributed by atoms with Crippen LogP contribution in [-0.2, 0) is 0 Å². The van der Waals surface area contributed by atoms with Crippen molar-refractivity contribution in [1.82, 2.24) is 4.90 Å². The third kappa shape index (κ3) is 2.55. The summed E-state index contributed by atoms with van der Waals surface area (Å²) < 4.78 is 0. The van der Waals surface area contributed by atoms with Crippen molar-refractivity contribution < 1.29 is 0 Å². The first-order valence-electron chi connectivity index (χ1n) is 4.55.